The number of hydrogen-bond acceptors (Lipinski definition) is 6. The number of benzene rings is 1. The van der Waals surface area contributed by atoms with Crippen LogP contribution in [0, 0.1) is 18.0 Å². The molecule has 1 radical (unpaired) electrons. The van der Waals surface area contributed by atoms with Crippen molar-refractivity contribution in [3.63, 3.8) is 0 Å². The number of nitrogens with zero attached hydrogens (tertiary/aromatic N) is 2. The number of rotatable bonds is 3. The van der Waals surface area contributed by atoms with E-state index < -0.39 is 10.1 Å². The van der Waals surface area contributed by atoms with Crippen LogP contribution in [0.15, 0.2) is 30.5 Å². The topological polar surface area (TPSA) is 112 Å². The zero-order valence-electron chi connectivity index (χ0n) is 16.1. The molecule has 0 N–H and O–H groups in total. The van der Waals surface area contributed by atoms with Crippen LogP contribution in [0.25, 0.3) is 0 Å². The van der Waals surface area contributed by atoms with Gasteiger partial charge in [-0.05, 0) is 30.5 Å². The number of ether oxygens (including phenoxy) is 2. The maximum absolute atomic E-state index is 11.7. The van der Waals surface area contributed by atoms with Crippen molar-refractivity contribution in [2.45, 2.75) is 33.8 Å². The van der Waals surface area contributed by atoms with Gasteiger partial charge in [-0.3, -0.25) is 0 Å². The first-order valence-electron chi connectivity index (χ1n) is 8.26. The van der Waals surface area contributed by atoms with Crippen molar-refractivity contribution in [3.8, 4) is 11.6 Å². The minimum absolute atomic E-state index is 0.256. The molecule has 1 aliphatic heterocycles. The molecule has 0 spiro atoms. The van der Waals surface area contributed by atoms with Crippen LogP contribution in [0.3, 0.4) is 0 Å². The van der Waals surface area contributed by atoms with E-state index in [2.05, 4.69) is 31.0 Å². The van der Waals surface area contributed by atoms with Crippen molar-refractivity contribution in [3.05, 3.63) is 52.6 Å². The fourth-order valence-corrected chi connectivity index (χ4v) is 2.20. The molecule has 2 heterocycles. The van der Waals surface area contributed by atoms with Gasteiger partial charge in [0.05, 0.1) is 13.4 Å². The molecule has 0 aliphatic carbocycles. The molecule has 0 unspecified atom stereocenters. The summed E-state index contributed by atoms with van der Waals surface area (Å²) in [6.45, 7) is 6.74. The molecule has 0 saturated heterocycles. The molecular formula is C18H25N2O6S. The van der Waals surface area contributed by atoms with Gasteiger partial charge in [-0.2, -0.15) is 8.42 Å². The first-order chi connectivity index (χ1) is 12.5. The number of hydrogen-bond donors (Lipinski definition) is 0. The van der Waals surface area contributed by atoms with Crippen LogP contribution in [0.1, 0.15) is 30.8 Å². The van der Waals surface area contributed by atoms with Crippen molar-refractivity contribution in [1.82, 2.24) is 4.98 Å². The third kappa shape index (κ3) is 8.69. The van der Waals surface area contributed by atoms with Gasteiger partial charge >= 0.3 is 5.88 Å². The molecule has 2 aromatic rings. The van der Waals surface area contributed by atoms with Crippen molar-refractivity contribution >= 4 is 10.1 Å². The number of aromatic nitrogens is 2. The Morgan fingerprint density at radius 1 is 1.37 bits per heavy atom. The van der Waals surface area contributed by atoms with Crippen molar-refractivity contribution < 1.29 is 27.2 Å². The summed E-state index contributed by atoms with van der Waals surface area (Å²) in [5, 5.41) is 11.7. The van der Waals surface area contributed by atoms with Gasteiger partial charge in [-0.1, -0.05) is 30.5 Å². The highest BCUT2D eigenvalue weighted by Crippen LogP contribution is 2.20. The molecule has 9 heteroatoms. The molecule has 1 aliphatic rings. The van der Waals surface area contributed by atoms with E-state index in [1.54, 1.807) is 0 Å². The normalized spacial score (nSPS) is 11.7. The average Bonchev–Trinajstić information content (AvgIpc) is 2.88. The van der Waals surface area contributed by atoms with Crippen LogP contribution in [0.2, 0.25) is 0 Å². The van der Waals surface area contributed by atoms with Crippen molar-refractivity contribution in [2.24, 2.45) is 5.92 Å². The summed E-state index contributed by atoms with van der Waals surface area (Å²) in [5.41, 5.74) is 2.75. The second kappa shape index (κ2) is 10.1. The van der Waals surface area contributed by atoms with E-state index >= 15 is 0 Å². The van der Waals surface area contributed by atoms with E-state index in [9.17, 15) is 5.21 Å². The lowest BCUT2D eigenvalue weighted by molar-refractivity contribution is -0.621. The minimum Gasteiger partial charge on any atom is -0.616 e. The average molecular weight is 397 g/mol. The quantitative estimate of drug-likeness (QED) is 0.579. The second-order valence-corrected chi connectivity index (χ2v) is 7.77. The Hall–Kier alpha value is -2.39. The summed E-state index contributed by atoms with van der Waals surface area (Å²) in [6, 6.07) is 8.10. The van der Waals surface area contributed by atoms with Crippen LogP contribution in [-0.4, -0.2) is 26.8 Å². The highest BCUT2D eigenvalue weighted by atomic mass is 32.2. The van der Waals surface area contributed by atoms with Crippen LogP contribution in [0.4, 0.5) is 0 Å². The molecule has 1 aromatic heterocycles. The lowest BCUT2D eigenvalue weighted by Crippen LogP contribution is -2.36. The molecule has 0 fully saturated rings. The number of fused-ring (bicyclic) bond motifs is 2. The van der Waals surface area contributed by atoms with Gasteiger partial charge in [0.2, 0.25) is 5.69 Å². The standard InChI is InChI=1S/C10H16N2O2.C7H6O.CH3O3S/c1-7(2)5-9-8(3)11-6-10(14-4)12(9)13;1-2-6-4-7(3-1)8-5-6;1-5(2,3)4/h6-7H,5H2,1-4H3;1-4H,5H2;1H3. The summed E-state index contributed by atoms with van der Waals surface area (Å²) in [5.74, 6) is 1.69. The van der Waals surface area contributed by atoms with Crippen LogP contribution >= 0.6 is 0 Å². The molecule has 0 amide bonds. The predicted octanol–water partition coefficient (Wildman–Crippen LogP) is 2.19. The molecule has 27 heavy (non-hydrogen) atoms. The van der Waals surface area contributed by atoms with E-state index in [1.165, 1.54) is 18.9 Å². The van der Waals surface area contributed by atoms with Gasteiger partial charge < -0.3 is 14.7 Å². The second-order valence-electron chi connectivity index (χ2n) is 6.37. The maximum atomic E-state index is 11.7. The largest absolute Gasteiger partial charge is 0.616 e. The minimum atomic E-state index is -3.92. The van der Waals surface area contributed by atoms with Gasteiger partial charge in [-0.15, -0.1) is 4.73 Å². The van der Waals surface area contributed by atoms with Crippen LogP contribution in [0.5, 0.6) is 11.6 Å². The zero-order valence-corrected chi connectivity index (χ0v) is 16.9. The van der Waals surface area contributed by atoms with E-state index in [-0.39, 0.29) is 5.88 Å². The smallest absolute Gasteiger partial charge is 0.398 e. The van der Waals surface area contributed by atoms with Gasteiger partial charge in [0, 0.05) is 6.42 Å². The summed E-state index contributed by atoms with van der Waals surface area (Å²) in [6.07, 6.45) is 2.78. The third-order valence-corrected chi connectivity index (χ3v) is 3.35. The Kier molecular flexibility index (Phi) is 8.45. The molecular weight excluding hydrogens is 372 g/mol. The first-order valence-corrected chi connectivity index (χ1v) is 10.1. The fourth-order valence-electron chi connectivity index (χ4n) is 2.20. The number of methoxy groups -OCH3 is 1. The van der Waals surface area contributed by atoms with Gasteiger partial charge in [0.1, 0.15) is 24.2 Å². The number of aryl methyl sites for hydroxylation is 1. The van der Waals surface area contributed by atoms with Gasteiger partial charge in [0.25, 0.3) is 10.1 Å². The van der Waals surface area contributed by atoms with Gasteiger partial charge in [-0.25, -0.2) is 4.98 Å². The predicted molar refractivity (Wildman–Crippen MR) is 99.3 cm³/mol. The highest BCUT2D eigenvalue weighted by Gasteiger charge is 2.17. The van der Waals surface area contributed by atoms with E-state index in [0.29, 0.717) is 17.9 Å². The summed E-state index contributed by atoms with van der Waals surface area (Å²) < 4.78 is 38.1. The van der Waals surface area contributed by atoms with E-state index in [4.69, 9.17) is 22.4 Å². The molecule has 8 nitrogen and oxygen atoms in total. The van der Waals surface area contributed by atoms with Gasteiger partial charge in [0.15, 0.2) is 0 Å². The maximum Gasteiger partial charge on any atom is 0.398 e. The lowest BCUT2D eigenvalue weighted by atomic mass is 10.1. The highest BCUT2D eigenvalue weighted by molar-refractivity contribution is 7.84. The molecule has 0 atom stereocenters. The summed E-state index contributed by atoms with van der Waals surface area (Å²) in [7, 11) is -2.44. The lowest BCUT2D eigenvalue weighted by Gasteiger charge is -2.10. The summed E-state index contributed by atoms with van der Waals surface area (Å²) >= 11 is 0. The third-order valence-electron chi connectivity index (χ3n) is 3.35. The molecule has 1 aromatic carbocycles. The Morgan fingerprint density at radius 2 is 2.00 bits per heavy atom. The molecule has 149 valence electrons. The monoisotopic (exact) mass is 397 g/mol. The Morgan fingerprint density at radius 3 is 2.48 bits per heavy atom. The molecule has 3 rings (SSSR count). The first kappa shape index (κ1) is 22.7. The Bertz CT molecular complexity index is 826. The Balaban J connectivity index is 0.000000234. The van der Waals surface area contributed by atoms with Crippen LogP contribution < -0.4 is 14.2 Å². The zero-order chi connectivity index (χ0) is 20.6. The van der Waals surface area contributed by atoms with E-state index in [1.807, 2.05) is 19.1 Å². The Labute approximate surface area is 160 Å². The molecule has 0 saturated carbocycles. The van der Waals surface area contributed by atoms with Crippen molar-refractivity contribution in [2.75, 3.05) is 13.4 Å². The van der Waals surface area contributed by atoms with Crippen LogP contribution in [-0.2, 0) is 27.7 Å². The molecule has 2 bridgehead atoms. The SMILES string of the molecule is COc1cnc(C)c(CC(C)C)[n+]1[O-].CS([O])(=O)=O.c1cc2cc(c1)OC2. The fraction of sp³-hybridized carbons (Fsp3) is 0.444. The van der Waals surface area contributed by atoms with Crippen molar-refractivity contribution in [1.29, 1.82) is 0 Å². The van der Waals surface area contributed by atoms with E-state index in [0.717, 1.165) is 29.2 Å². The summed E-state index contributed by atoms with van der Waals surface area (Å²) in [4.78, 5) is 4.12.